The highest BCUT2D eigenvalue weighted by Gasteiger charge is 2.13. The third-order valence-electron chi connectivity index (χ3n) is 4.09. The predicted octanol–water partition coefficient (Wildman–Crippen LogP) is 1.62. The molecule has 2 aliphatic rings. The quantitative estimate of drug-likeness (QED) is 0.853. The molecular weight excluding hydrogens is 210 g/mol. The summed E-state index contributed by atoms with van der Waals surface area (Å²) in [6.07, 6.45) is 5.38. The van der Waals surface area contributed by atoms with Crippen LogP contribution in [-0.4, -0.2) is 35.6 Å². The zero-order valence-electron chi connectivity index (χ0n) is 10.6. The first-order chi connectivity index (χ1) is 8.43. The largest absolute Gasteiger partial charge is 0.346 e. The summed E-state index contributed by atoms with van der Waals surface area (Å²) >= 11 is 0. The van der Waals surface area contributed by atoms with Crippen LogP contribution in [0.2, 0.25) is 0 Å². The number of fused-ring (bicyclic) bond motifs is 1. The molecule has 3 heterocycles. The Kier molecular flexibility index (Phi) is 3.48. The van der Waals surface area contributed by atoms with Crippen molar-refractivity contribution in [3.8, 4) is 0 Å². The summed E-state index contributed by atoms with van der Waals surface area (Å²) in [6, 6.07) is 4.61. The fourth-order valence-corrected chi connectivity index (χ4v) is 3.11. The first-order valence-corrected chi connectivity index (χ1v) is 7.04. The Morgan fingerprint density at radius 2 is 2.00 bits per heavy atom. The maximum absolute atomic E-state index is 3.43. The van der Waals surface area contributed by atoms with E-state index in [2.05, 4.69) is 26.9 Å². The van der Waals surface area contributed by atoms with Crippen LogP contribution in [0.5, 0.6) is 0 Å². The van der Waals surface area contributed by atoms with Crippen molar-refractivity contribution in [2.24, 2.45) is 0 Å². The topological polar surface area (TPSA) is 20.2 Å². The third kappa shape index (κ3) is 2.55. The Morgan fingerprint density at radius 3 is 2.88 bits per heavy atom. The van der Waals surface area contributed by atoms with Crippen LogP contribution in [0, 0.1) is 0 Å². The Bertz CT molecular complexity index is 364. The highest BCUT2D eigenvalue weighted by atomic mass is 15.1. The molecule has 0 unspecified atom stereocenters. The van der Waals surface area contributed by atoms with Crippen molar-refractivity contribution in [2.75, 3.05) is 26.2 Å². The molecule has 94 valence electrons. The summed E-state index contributed by atoms with van der Waals surface area (Å²) in [5.41, 5.74) is 3.01. The van der Waals surface area contributed by atoms with Crippen LogP contribution in [-0.2, 0) is 19.5 Å². The van der Waals surface area contributed by atoms with E-state index >= 15 is 0 Å². The van der Waals surface area contributed by atoms with Gasteiger partial charge in [0, 0.05) is 31.0 Å². The van der Waals surface area contributed by atoms with Crippen molar-refractivity contribution < 1.29 is 0 Å². The van der Waals surface area contributed by atoms with Crippen molar-refractivity contribution in [1.82, 2.24) is 14.8 Å². The monoisotopic (exact) mass is 233 g/mol. The molecule has 3 heteroatoms. The lowest BCUT2D eigenvalue weighted by molar-refractivity contribution is 0.332. The number of hydrogen-bond acceptors (Lipinski definition) is 2. The van der Waals surface area contributed by atoms with Gasteiger partial charge >= 0.3 is 0 Å². The molecule has 2 aliphatic heterocycles. The molecule has 0 bridgehead atoms. The van der Waals surface area contributed by atoms with E-state index in [1.54, 1.807) is 5.69 Å². The number of hydrogen-bond donors (Lipinski definition) is 1. The van der Waals surface area contributed by atoms with E-state index in [1.165, 1.54) is 51.0 Å². The number of aromatic nitrogens is 1. The van der Waals surface area contributed by atoms with E-state index in [0.29, 0.717) is 0 Å². The second kappa shape index (κ2) is 5.23. The minimum atomic E-state index is 1.05. The SMILES string of the molecule is c1cc2n(c1CCCN1CCCC1)CCNC2. The van der Waals surface area contributed by atoms with Gasteiger partial charge in [-0.2, -0.15) is 0 Å². The average molecular weight is 233 g/mol. The van der Waals surface area contributed by atoms with E-state index in [-0.39, 0.29) is 0 Å². The summed E-state index contributed by atoms with van der Waals surface area (Å²) < 4.78 is 2.51. The van der Waals surface area contributed by atoms with Gasteiger partial charge < -0.3 is 14.8 Å². The van der Waals surface area contributed by atoms with Gasteiger partial charge in [0.2, 0.25) is 0 Å². The summed E-state index contributed by atoms with van der Waals surface area (Å²) in [4.78, 5) is 2.61. The van der Waals surface area contributed by atoms with Crippen molar-refractivity contribution in [3.63, 3.8) is 0 Å². The van der Waals surface area contributed by atoms with Gasteiger partial charge in [-0.05, 0) is 57.5 Å². The molecule has 1 N–H and O–H groups in total. The third-order valence-corrected chi connectivity index (χ3v) is 4.09. The first-order valence-electron chi connectivity index (χ1n) is 7.04. The molecule has 1 fully saturated rings. The standard InChI is InChI=1S/C14H23N3/c1-2-9-16(8-1)10-3-4-13-5-6-14-12-15-7-11-17(13)14/h5-6,15H,1-4,7-12H2. The first kappa shape index (κ1) is 11.3. The molecule has 0 aliphatic carbocycles. The second-order valence-corrected chi connectivity index (χ2v) is 5.30. The van der Waals surface area contributed by atoms with E-state index in [4.69, 9.17) is 0 Å². The van der Waals surface area contributed by atoms with Crippen molar-refractivity contribution in [1.29, 1.82) is 0 Å². The molecule has 3 nitrogen and oxygen atoms in total. The van der Waals surface area contributed by atoms with E-state index in [9.17, 15) is 0 Å². The Morgan fingerprint density at radius 1 is 1.12 bits per heavy atom. The number of rotatable bonds is 4. The van der Waals surface area contributed by atoms with Gasteiger partial charge in [0.15, 0.2) is 0 Å². The van der Waals surface area contributed by atoms with Gasteiger partial charge in [-0.3, -0.25) is 0 Å². The molecule has 0 atom stereocenters. The molecule has 1 saturated heterocycles. The van der Waals surface area contributed by atoms with Crippen LogP contribution in [0.4, 0.5) is 0 Å². The molecule has 0 aromatic carbocycles. The normalized spacial score (nSPS) is 20.7. The number of nitrogens with zero attached hydrogens (tertiary/aromatic N) is 2. The van der Waals surface area contributed by atoms with Gasteiger partial charge in [-0.25, -0.2) is 0 Å². The zero-order valence-corrected chi connectivity index (χ0v) is 10.6. The molecule has 0 radical (unpaired) electrons. The molecule has 3 rings (SSSR count). The molecule has 0 amide bonds. The maximum Gasteiger partial charge on any atom is 0.0360 e. The van der Waals surface area contributed by atoms with Gasteiger partial charge in [0.05, 0.1) is 0 Å². The molecule has 1 aromatic heterocycles. The summed E-state index contributed by atoms with van der Waals surface area (Å²) in [5.74, 6) is 0. The lowest BCUT2D eigenvalue weighted by Gasteiger charge is -2.20. The van der Waals surface area contributed by atoms with Crippen LogP contribution < -0.4 is 5.32 Å². The lowest BCUT2D eigenvalue weighted by atomic mass is 10.2. The van der Waals surface area contributed by atoms with Crippen LogP contribution in [0.3, 0.4) is 0 Å². The summed E-state index contributed by atoms with van der Waals surface area (Å²) in [6.45, 7) is 7.28. The molecule has 1 aromatic rings. The van der Waals surface area contributed by atoms with Gasteiger partial charge in [0.25, 0.3) is 0 Å². The molecule has 0 spiro atoms. The summed E-state index contributed by atoms with van der Waals surface area (Å²) in [7, 11) is 0. The van der Waals surface area contributed by atoms with E-state index in [0.717, 1.165) is 19.6 Å². The fourth-order valence-electron chi connectivity index (χ4n) is 3.11. The van der Waals surface area contributed by atoms with Crippen LogP contribution in [0.25, 0.3) is 0 Å². The minimum absolute atomic E-state index is 1.05. The Balaban J connectivity index is 1.52. The van der Waals surface area contributed by atoms with Crippen molar-refractivity contribution in [3.05, 3.63) is 23.5 Å². The lowest BCUT2D eigenvalue weighted by Crippen LogP contribution is -2.28. The predicted molar refractivity (Wildman–Crippen MR) is 70.1 cm³/mol. The van der Waals surface area contributed by atoms with Crippen LogP contribution >= 0.6 is 0 Å². The number of aryl methyl sites for hydroxylation is 1. The highest BCUT2D eigenvalue weighted by molar-refractivity contribution is 5.18. The molecular formula is C14H23N3. The highest BCUT2D eigenvalue weighted by Crippen LogP contribution is 2.15. The van der Waals surface area contributed by atoms with Crippen LogP contribution in [0.15, 0.2) is 12.1 Å². The van der Waals surface area contributed by atoms with Crippen molar-refractivity contribution in [2.45, 2.75) is 38.8 Å². The van der Waals surface area contributed by atoms with Gasteiger partial charge in [-0.15, -0.1) is 0 Å². The second-order valence-electron chi connectivity index (χ2n) is 5.30. The van der Waals surface area contributed by atoms with Gasteiger partial charge in [0.1, 0.15) is 0 Å². The maximum atomic E-state index is 3.43. The van der Waals surface area contributed by atoms with Gasteiger partial charge in [-0.1, -0.05) is 0 Å². The minimum Gasteiger partial charge on any atom is -0.346 e. The summed E-state index contributed by atoms with van der Waals surface area (Å²) in [5, 5.41) is 3.43. The van der Waals surface area contributed by atoms with E-state index in [1.807, 2.05) is 0 Å². The fraction of sp³-hybridized carbons (Fsp3) is 0.714. The molecule has 0 saturated carbocycles. The van der Waals surface area contributed by atoms with Crippen LogP contribution in [0.1, 0.15) is 30.7 Å². The average Bonchev–Trinajstić information content (AvgIpc) is 2.99. The number of nitrogens with one attached hydrogen (secondary N) is 1. The zero-order chi connectivity index (χ0) is 11.5. The van der Waals surface area contributed by atoms with E-state index < -0.39 is 0 Å². The Labute approximate surface area is 104 Å². The smallest absolute Gasteiger partial charge is 0.0360 e. The molecule has 17 heavy (non-hydrogen) atoms. The van der Waals surface area contributed by atoms with Crippen molar-refractivity contribution >= 4 is 0 Å². The number of likely N-dealkylation sites (tertiary alicyclic amines) is 1. The Hall–Kier alpha value is -0.800.